The highest BCUT2D eigenvalue weighted by atomic mass is 19.4. The van der Waals surface area contributed by atoms with E-state index < -0.39 is 23.6 Å². The van der Waals surface area contributed by atoms with Gasteiger partial charge in [0.15, 0.2) is 0 Å². The number of alkyl halides is 3. The van der Waals surface area contributed by atoms with E-state index in [2.05, 4.69) is 6.07 Å². The maximum absolute atomic E-state index is 13.0. The number of para-hydroxylation sites is 1. The Balaban J connectivity index is 1.84. The Morgan fingerprint density at radius 2 is 1.86 bits per heavy atom. The van der Waals surface area contributed by atoms with Gasteiger partial charge in [0.25, 0.3) is 0 Å². The second-order valence-corrected chi connectivity index (χ2v) is 7.73. The van der Waals surface area contributed by atoms with E-state index in [-0.39, 0.29) is 19.7 Å². The first-order valence-corrected chi connectivity index (χ1v) is 11.0. The Bertz CT molecular complexity index is 1250. The minimum absolute atomic E-state index is 0.0654. The number of nitrogens with zero attached hydrogens (tertiary/aromatic N) is 3. The molecule has 3 rings (SSSR count). The zero-order valence-electron chi connectivity index (χ0n) is 19.1. The first kappa shape index (κ1) is 25.6. The fourth-order valence-corrected chi connectivity index (χ4v) is 3.62. The van der Waals surface area contributed by atoms with E-state index in [0.29, 0.717) is 18.5 Å². The van der Waals surface area contributed by atoms with Crippen molar-refractivity contribution in [2.45, 2.75) is 32.6 Å². The summed E-state index contributed by atoms with van der Waals surface area (Å²) in [5.41, 5.74) is 1.33. The lowest BCUT2D eigenvalue weighted by Gasteiger charge is -2.20. The van der Waals surface area contributed by atoms with Gasteiger partial charge < -0.3 is 14.2 Å². The number of amides is 1. The molecule has 2 aromatic carbocycles. The van der Waals surface area contributed by atoms with Gasteiger partial charge >= 0.3 is 12.1 Å². The van der Waals surface area contributed by atoms with Crippen LogP contribution in [0.5, 0.6) is 0 Å². The Labute approximate surface area is 200 Å². The lowest BCUT2D eigenvalue weighted by Crippen LogP contribution is -2.35. The molecule has 0 bridgehead atoms. The number of hydrogen-bond donors (Lipinski definition) is 0. The van der Waals surface area contributed by atoms with Crippen molar-refractivity contribution in [3.8, 4) is 6.07 Å². The Kier molecular flexibility index (Phi) is 8.31. The molecule has 0 aliphatic carbocycles. The van der Waals surface area contributed by atoms with Gasteiger partial charge in [0, 0.05) is 41.8 Å². The van der Waals surface area contributed by atoms with Crippen LogP contribution in [0, 0.1) is 11.3 Å². The summed E-state index contributed by atoms with van der Waals surface area (Å²) in [4.78, 5) is 26.3. The highest BCUT2D eigenvalue weighted by Gasteiger charge is 2.30. The summed E-state index contributed by atoms with van der Waals surface area (Å²) in [5, 5.41) is 9.81. The number of aryl methyl sites for hydroxylation is 1. The summed E-state index contributed by atoms with van der Waals surface area (Å²) in [7, 11) is 0. The lowest BCUT2D eigenvalue weighted by atomic mass is 10.1. The van der Waals surface area contributed by atoms with Gasteiger partial charge in [-0.15, -0.1) is 0 Å². The number of esters is 1. The van der Waals surface area contributed by atoms with Gasteiger partial charge in [-0.1, -0.05) is 30.3 Å². The van der Waals surface area contributed by atoms with Crippen LogP contribution in [-0.4, -0.2) is 34.5 Å². The molecule has 0 saturated heterocycles. The normalized spacial score (nSPS) is 11.5. The molecule has 0 aliphatic heterocycles. The number of aromatic nitrogens is 1. The highest BCUT2D eigenvalue weighted by molar-refractivity contribution is 5.97. The summed E-state index contributed by atoms with van der Waals surface area (Å²) in [6.07, 6.45) is 0.658. The first-order valence-electron chi connectivity index (χ1n) is 11.0. The van der Waals surface area contributed by atoms with Crippen molar-refractivity contribution in [2.75, 3.05) is 13.2 Å². The number of carbonyl (C=O) groups excluding carboxylic acids is 2. The SMILES string of the molecule is CCOC(=O)CN(Cc1ccc(C(F)(F)F)cc1)C(=O)/C=C/c1cn(CCC#N)c2ccccc12. The van der Waals surface area contributed by atoms with Crippen LogP contribution in [0.2, 0.25) is 0 Å². The van der Waals surface area contributed by atoms with Crippen LogP contribution in [0.4, 0.5) is 13.2 Å². The molecule has 3 aromatic rings. The van der Waals surface area contributed by atoms with E-state index >= 15 is 0 Å². The molecule has 0 aliphatic rings. The third-order valence-corrected chi connectivity index (χ3v) is 5.28. The molecule has 0 atom stereocenters. The molecule has 1 aromatic heterocycles. The first-order chi connectivity index (χ1) is 16.7. The maximum atomic E-state index is 13.0. The maximum Gasteiger partial charge on any atom is 0.416 e. The Morgan fingerprint density at radius 1 is 1.14 bits per heavy atom. The highest BCUT2D eigenvalue weighted by Crippen LogP contribution is 2.29. The summed E-state index contributed by atoms with van der Waals surface area (Å²) in [5.74, 6) is -1.11. The minimum Gasteiger partial charge on any atom is -0.465 e. The van der Waals surface area contributed by atoms with Crippen molar-refractivity contribution in [3.63, 3.8) is 0 Å². The predicted molar refractivity (Wildman–Crippen MR) is 125 cm³/mol. The monoisotopic (exact) mass is 483 g/mol. The quantitative estimate of drug-likeness (QED) is 0.311. The molecule has 182 valence electrons. The van der Waals surface area contributed by atoms with Crippen LogP contribution in [-0.2, 0) is 33.6 Å². The molecule has 0 unspecified atom stereocenters. The van der Waals surface area contributed by atoms with Gasteiger partial charge in [-0.3, -0.25) is 9.59 Å². The smallest absolute Gasteiger partial charge is 0.416 e. The second kappa shape index (κ2) is 11.4. The molecule has 0 radical (unpaired) electrons. The number of ether oxygens (including phenoxy) is 1. The largest absolute Gasteiger partial charge is 0.465 e. The van der Waals surface area contributed by atoms with Gasteiger partial charge in [0.2, 0.25) is 5.91 Å². The average Bonchev–Trinajstić information content (AvgIpc) is 3.18. The number of fused-ring (bicyclic) bond motifs is 1. The van der Waals surface area contributed by atoms with E-state index in [1.807, 2.05) is 35.0 Å². The van der Waals surface area contributed by atoms with Gasteiger partial charge in [-0.25, -0.2) is 0 Å². The van der Waals surface area contributed by atoms with Crippen LogP contribution < -0.4 is 0 Å². The summed E-state index contributed by atoms with van der Waals surface area (Å²) < 4.78 is 45.5. The van der Waals surface area contributed by atoms with E-state index in [1.165, 1.54) is 23.1 Å². The number of carbonyl (C=O) groups is 2. The molecule has 0 N–H and O–H groups in total. The number of halogens is 3. The van der Waals surface area contributed by atoms with Crippen LogP contribution in [0.25, 0.3) is 17.0 Å². The van der Waals surface area contributed by atoms with Crippen molar-refractivity contribution < 1.29 is 27.5 Å². The van der Waals surface area contributed by atoms with E-state index in [1.54, 1.807) is 13.0 Å². The molecule has 1 amide bonds. The number of benzene rings is 2. The predicted octanol–water partition coefficient (Wildman–Crippen LogP) is 5.18. The fraction of sp³-hybridized carbons (Fsp3) is 0.269. The van der Waals surface area contributed by atoms with Gasteiger partial charge in [0.05, 0.1) is 24.7 Å². The third-order valence-electron chi connectivity index (χ3n) is 5.28. The van der Waals surface area contributed by atoms with Crippen LogP contribution in [0.15, 0.2) is 60.8 Å². The zero-order chi connectivity index (χ0) is 25.4. The third kappa shape index (κ3) is 6.73. The number of hydrogen-bond acceptors (Lipinski definition) is 4. The number of rotatable bonds is 9. The fourth-order valence-electron chi connectivity index (χ4n) is 3.62. The van der Waals surface area contributed by atoms with E-state index in [9.17, 15) is 22.8 Å². The van der Waals surface area contributed by atoms with Crippen molar-refractivity contribution in [2.24, 2.45) is 0 Å². The van der Waals surface area contributed by atoms with Crippen molar-refractivity contribution in [1.29, 1.82) is 5.26 Å². The molecule has 0 saturated carbocycles. The van der Waals surface area contributed by atoms with Crippen LogP contribution >= 0.6 is 0 Å². The molecule has 0 fully saturated rings. The van der Waals surface area contributed by atoms with Gasteiger partial charge in [-0.05, 0) is 36.8 Å². The topological polar surface area (TPSA) is 75.3 Å². The number of nitriles is 1. The molecule has 9 heteroatoms. The van der Waals surface area contributed by atoms with Crippen LogP contribution in [0.1, 0.15) is 30.0 Å². The summed E-state index contributed by atoms with van der Waals surface area (Å²) in [6, 6.07) is 14.1. The molecule has 1 heterocycles. The van der Waals surface area contributed by atoms with Crippen molar-refractivity contribution >= 4 is 28.9 Å². The lowest BCUT2D eigenvalue weighted by molar-refractivity contribution is -0.148. The molecule has 35 heavy (non-hydrogen) atoms. The molecule has 0 spiro atoms. The molecular formula is C26H24F3N3O3. The second-order valence-electron chi connectivity index (χ2n) is 7.73. The van der Waals surface area contributed by atoms with Gasteiger partial charge in [0.1, 0.15) is 6.54 Å². The summed E-state index contributed by atoms with van der Waals surface area (Å²) >= 11 is 0. The molecule has 6 nitrogen and oxygen atoms in total. The zero-order valence-corrected chi connectivity index (χ0v) is 19.1. The Morgan fingerprint density at radius 3 is 2.51 bits per heavy atom. The van der Waals surface area contributed by atoms with Gasteiger partial charge in [-0.2, -0.15) is 18.4 Å². The summed E-state index contributed by atoms with van der Waals surface area (Å²) in [6.45, 7) is 1.87. The van der Waals surface area contributed by atoms with E-state index in [4.69, 9.17) is 10.00 Å². The Hall–Kier alpha value is -4.06. The van der Waals surface area contributed by atoms with E-state index in [0.717, 1.165) is 28.6 Å². The van der Waals surface area contributed by atoms with Crippen molar-refractivity contribution in [3.05, 3.63) is 77.5 Å². The minimum atomic E-state index is -4.46. The standard InChI is InChI=1S/C26H24F3N3O3/c1-2-35-25(34)18-32(16-19-8-11-21(12-9-19)26(27,28)29)24(33)13-10-20-17-31(15-5-14-30)23-7-4-3-6-22(20)23/h3-4,6-13,17H,2,5,15-16,18H2,1H3/b13-10+. The average molecular weight is 483 g/mol. The van der Waals surface area contributed by atoms with Crippen LogP contribution in [0.3, 0.4) is 0 Å². The molecular weight excluding hydrogens is 459 g/mol. The van der Waals surface area contributed by atoms with Crippen molar-refractivity contribution in [1.82, 2.24) is 9.47 Å².